The number of halogens is 4. The van der Waals surface area contributed by atoms with Crippen molar-refractivity contribution in [1.82, 2.24) is 9.55 Å². The molecule has 0 unspecified atom stereocenters. The maximum Gasteiger partial charge on any atom is 0.119 e. The van der Waals surface area contributed by atoms with E-state index in [0.717, 1.165) is 16.1 Å². The van der Waals surface area contributed by atoms with Gasteiger partial charge in [-0.3, -0.25) is 0 Å². The summed E-state index contributed by atoms with van der Waals surface area (Å²) in [6.45, 7) is 3.52. The van der Waals surface area contributed by atoms with Crippen molar-refractivity contribution in [3.63, 3.8) is 0 Å². The lowest BCUT2D eigenvalue weighted by Crippen LogP contribution is -2.10. The van der Waals surface area contributed by atoms with Gasteiger partial charge in [0.2, 0.25) is 0 Å². The highest BCUT2D eigenvalue weighted by atomic mass is 127. The van der Waals surface area contributed by atoms with Crippen molar-refractivity contribution in [3.8, 4) is 0 Å². The lowest BCUT2D eigenvalue weighted by atomic mass is 10.6. The van der Waals surface area contributed by atoms with Crippen molar-refractivity contribution < 1.29 is 0 Å². The zero-order valence-electron chi connectivity index (χ0n) is 7.07. The maximum absolute atomic E-state index is 5.39. The van der Waals surface area contributed by atoms with Crippen LogP contribution in [0.5, 0.6) is 0 Å². The molecule has 0 radical (unpaired) electrons. The predicted molar refractivity (Wildman–Crippen MR) is 70.5 cm³/mol. The monoisotopic (exact) mass is 359 g/mol. The number of nitrogens with zero attached hydrogens (tertiary/aromatic N) is 2. The minimum absolute atomic E-state index is 0. The SMILES string of the molecule is Cc1nc(I)cn1CCN.Cl.Cl.Cl. The molecule has 0 bridgehead atoms. The van der Waals surface area contributed by atoms with E-state index < -0.39 is 0 Å². The van der Waals surface area contributed by atoms with Gasteiger partial charge in [0, 0.05) is 19.3 Å². The number of aromatic nitrogens is 2. The molecule has 0 aliphatic carbocycles. The standard InChI is InChI=1S/C6H10IN3.3ClH/c1-5-9-6(7)4-10(5)3-2-8;;;/h4H,2-3,8H2,1H3;3*1H. The van der Waals surface area contributed by atoms with Crippen molar-refractivity contribution in [2.75, 3.05) is 6.54 Å². The highest BCUT2D eigenvalue weighted by Gasteiger charge is 1.98. The first-order valence-electron chi connectivity index (χ1n) is 3.13. The molecular weight excluding hydrogens is 347 g/mol. The number of rotatable bonds is 2. The summed E-state index contributed by atoms with van der Waals surface area (Å²) in [6.07, 6.45) is 2.00. The van der Waals surface area contributed by atoms with E-state index in [4.69, 9.17) is 5.73 Å². The minimum atomic E-state index is 0. The summed E-state index contributed by atoms with van der Waals surface area (Å²) in [5.74, 6) is 1.04. The van der Waals surface area contributed by atoms with Gasteiger partial charge in [0.1, 0.15) is 9.53 Å². The highest BCUT2D eigenvalue weighted by Crippen LogP contribution is 2.03. The Balaban J connectivity index is -0.000000333. The zero-order valence-corrected chi connectivity index (χ0v) is 11.7. The summed E-state index contributed by atoms with van der Waals surface area (Å²) in [4.78, 5) is 4.22. The number of imidazole rings is 1. The molecule has 0 spiro atoms. The lowest BCUT2D eigenvalue weighted by molar-refractivity contribution is 0.684. The molecular formula is C6H13Cl3IN3. The number of hydrogen-bond donors (Lipinski definition) is 1. The Hall–Kier alpha value is 0.770. The fraction of sp³-hybridized carbons (Fsp3) is 0.500. The Morgan fingerprint density at radius 3 is 2.31 bits per heavy atom. The smallest absolute Gasteiger partial charge is 0.119 e. The molecule has 1 heterocycles. The van der Waals surface area contributed by atoms with E-state index in [1.807, 2.05) is 13.1 Å². The Bertz CT molecular complexity index is 229. The average Bonchev–Trinajstić information content (AvgIpc) is 2.13. The Morgan fingerprint density at radius 1 is 1.46 bits per heavy atom. The third kappa shape index (κ3) is 5.96. The number of nitrogens with two attached hydrogens (primary N) is 1. The number of hydrogen-bond acceptors (Lipinski definition) is 2. The van der Waals surface area contributed by atoms with Gasteiger partial charge < -0.3 is 10.3 Å². The third-order valence-electron chi connectivity index (χ3n) is 1.32. The second-order valence-corrected chi connectivity index (χ2v) is 3.20. The van der Waals surface area contributed by atoms with E-state index in [9.17, 15) is 0 Å². The second-order valence-electron chi connectivity index (χ2n) is 2.09. The summed E-state index contributed by atoms with van der Waals surface area (Å²) in [7, 11) is 0. The van der Waals surface area contributed by atoms with Crippen molar-refractivity contribution in [2.45, 2.75) is 13.5 Å². The van der Waals surface area contributed by atoms with Gasteiger partial charge in [-0.1, -0.05) is 0 Å². The Morgan fingerprint density at radius 2 is 2.00 bits per heavy atom. The van der Waals surface area contributed by atoms with Crippen LogP contribution in [0.25, 0.3) is 0 Å². The van der Waals surface area contributed by atoms with Gasteiger partial charge >= 0.3 is 0 Å². The van der Waals surface area contributed by atoms with Crippen LogP contribution < -0.4 is 5.73 Å². The van der Waals surface area contributed by atoms with Gasteiger partial charge in [0.25, 0.3) is 0 Å². The fourth-order valence-electron chi connectivity index (χ4n) is 0.835. The largest absolute Gasteiger partial charge is 0.333 e. The van der Waals surface area contributed by atoms with Crippen LogP contribution in [0.15, 0.2) is 6.20 Å². The molecule has 0 atom stereocenters. The molecule has 13 heavy (non-hydrogen) atoms. The molecule has 0 fully saturated rings. The quantitative estimate of drug-likeness (QED) is 0.820. The Kier molecular flexibility index (Phi) is 13.9. The van der Waals surface area contributed by atoms with Crippen LogP contribution in [-0.2, 0) is 6.54 Å². The van der Waals surface area contributed by atoms with Crippen molar-refractivity contribution in [2.24, 2.45) is 5.73 Å². The summed E-state index contributed by atoms with van der Waals surface area (Å²) >= 11 is 2.19. The van der Waals surface area contributed by atoms with Gasteiger partial charge in [-0.25, -0.2) is 4.98 Å². The molecule has 0 amide bonds. The van der Waals surface area contributed by atoms with Crippen LogP contribution in [0.1, 0.15) is 5.82 Å². The van der Waals surface area contributed by atoms with Crippen molar-refractivity contribution in [3.05, 3.63) is 15.7 Å². The maximum atomic E-state index is 5.39. The van der Waals surface area contributed by atoms with Crippen LogP contribution in [-0.4, -0.2) is 16.1 Å². The van der Waals surface area contributed by atoms with Crippen LogP contribution in [0.4, 0.5) is 0 Å². The molecule has 1 aromatic rings. The minimum Gasteiger partial charge on any atom is -0.333 e. The first-order valence-corrected chi connectivity index (χ1v) is 4.21. The van der Waals surface area contributed by atoms with Crippen LogP contribution in [0.3, 0.4) is 0 Å². The van der Waals surface area contributed by atoms with E-state index in [2.05, 4.69) is 32.1 Å². The summed E-state index contributed by atoms with van der Waals surface area (Å²) < 4.78 is 3.09. The van der Waals surface area contributed by atoms with Gasteiger partial charge in [-0.05, 0) is 29.5 Å². The molecule has 3 nitrogen and oxygen atoms in total. The summed E-state index contributed by atoms with van der Waals surface area (Å²) in [5, 5.41) is 0. The molecule has 0 saturated carbocycles. The van der Waals surface area contributed by atoms with Crippen LogP contribution in [0.2, 0.25) is 0 Å². The zero-order chi connectivity index (χ0) is 7.56. The van der Waals surface area contributed by atoms with E-state index in [1.54, 1.807) is 0 Å². The van der Waals surface area contributed by atoms with E-state index >= 15 is 0 Å². The molecule has 0 saturated heterocycles. The molecule has 1 aromatic heterocycles. The van der Waals surface area contributed by atoms with Gasteiger partial charge in [0.05, 0.1) is 0 Å². The van der Waals surface area contributed by atoms with E-state index in [-0.39, 0.29) is 37.2 Å². The second kappa shape index (κ2) is 9.33. The van der Waals surface area contributed by atoms with Gasteiger partial charge in [0.15, 0.2) is 0 Å². The average molecular weight is 360 g/mol. The molecule has 1 rings (SSSR count). The molecule has 0 aliphatic rings. The molecule has 0 aromatic carbocycles. The summed E-state index contributed by atoms with van der Waals surface area (Å²) in [6, 6.07) is 0. The van der Waals surface area contributed by atoms with Crippen LogP contribution in [0, 0.1) is 10.6 Å². The molecule has 0 aliphatic heterocycles. The number of aryl methyl sites for hydroxylation is 1. The molecule has 80 valence electrons. The van der Waals surface area contributed by atoms with Gasteiger partial charge in [-0.2, -0.15) is 0 Å². The molecule has 2 N–H and O–H groups in total. The Labute approximate surface area is 110 Å². The van der Waals surface area contributed by atoms with Crippen molar-refractivity contribution >= 4 is 59.8 Å². The van der Waals surface area contributed by atoms with Crippen LogP contribution >= 0.6 is 59.8 Å². The van der Waals surface area contributed by atoms with Crippen molar-refractivity contribution in [1.29, 1.82) is 0 Å². The predicted octanol–water partition coefficient (Wildman–Crippen LogP) is 2.02. The third-order valence-corrected chi connectivity index (χ3v) is 1.84. The first kappa shape index (κ1) is 19.4. The highest BCUT2D eigenvalue weighted by molar-refractivity contribution is 14.1. The first-order chi connectivity index (χ1) is 4.74. The lowest BCUT2D eigenvalue weighted by Gasteiger charge is -1.99. The summed E-state index contributed by atoms with van der Waals surface area (Å²) in [5.41, 5.74) is 5.39. The normalized spacial score (nSPS) is 7.92. The van der Waals surface area contributed by atoms with Gasteiger partial charge in [-0.15, -0.1) is 37.2 Å². The molecule has 7 heteroatoms. The topological polar surface area (TPSA) is 43.8 Å². The fourth-order valence-corrected chi connectivity index (χ4v) is 1.52. The van der Waals surface area contributed by atoms with E-state index in [0.29, 0.717) is 6.54 Å². The van der Waals surface area contributed by atoms with E-state index in [1.165, 1.54) is 0 Å².